The molecule has 0 saturated carbocycles. The SMILES string of the molecule is CCN1CCN(C(=O)c2cnc(N3CCN(c4ccccc4F)CC3)nc2)CC1. The van der Waals surface area contributed by atoms with Gasteiger partial charge in [0.2, 0.25) is 5.95 Å². The first-order valence-electron chi connectivity index (χ1n) is 10.2. The highest BCUT2D eigenvalue weighted by Crippen LogP contribution is 2.21. The van der Waals surface area contributed by atoms with Crippen LogP contribution in [-0.4, -0.2) is 84.6 Å². The van der Waals surface area contributed by atoms with E-state index < -0.39 is 0 Å². The molecule has 8 heteroatoms. The third-order valence-corrected chi connectivity index (χ3v) is 5.75. The summed E-state index contributed by atoms with van der Waals surface area (Å²) < 4.78 is 14.0. The molecule has 0 bridgehead atoms. The van der Waals surface area contributed by atoms with Gasteiger partial charge in [0.05, 0.1) is 11.3 Å². The van der Waals surface area contributed by atoms with Gasteiger partial charge in [-0.25, -0.2) is 14.4 Å². The van der Waals surface area contributed by atoms with Gasteiger partial charge in [-0.3, -0.25) is 4.79 Å². The van der Waals surface area contributed by atoms with E-state index in [-0.39, 0.29) is 11.7 Å². The maximum Gasteiger partial charge on any atom is 0.257 e. The number of likely N-dealkylation sites (N-methyl/N-ethyl adjacent to an activating group) is 1. The number of hydrogen-bond acceptors (Lipinski definition) is 6. The van der Waals surface area contributed by atoms with Crippen LogP contribution in [0.1, 0.15) is 17.3 Å². The Morgan fingerprint density at radius 2 is 1.55 bits per heavy atom. The molecule has 2 aliphatic rings. The Balaban J connectivity index is 1.34. The van der Waals surface area contributed by atoms with Crippen LogP contribution in [0.4, 0.5) is 16.0 Å². The molecule has 0 unspecified atom stereocenters. The fourth-order valence-electron chi connectivity index (χ4n) is 3.90. The van der Waals surface area contributed by atoms with E-state index in [9.17, 15) is 9.18 Å². The first-order valence-corrected chi connectivity index (χ1v) is 10.2. The lowest BCUT2D eigenvalue weighted by atomic mass is 10.2. The first kappa shape index (κ1) is 19.6. The molecule has 2 saturated heterocycles. The van der Waals surface area contributed by atoms with Gasteiger partial charge in [-0.05, 0) is 18.7 Å². The van der Waals surface area contributed by atoms with E-state index in [4.69, 9.17) is 0 Å². The van der Waals surface area contributed by atoms with Crippen LogP contribution in [-0.2, 0) is 0 Å². The van der Waals surface area contributed by atoms with E-state index in [2.05, 4.69) is 26.7 Å². The maximum atomic E-state index is 14.0. The molecule has 7 nitrogen and oxygen atoms in total. The van der Waals surface area contributed by atoms with Crippen molar-refractivity contribution in [2.45, 2.75) is 6.92 Å². The minimum atomic E-state index is -0.195. The maximum absolute atomic E-state index is 14.0. The van der Waals surface area contributed by atoms with Crippen molar-refractivity contribution in [3.63, 3.8) is 0 Å². The molecular weight excluding hydrogens is 371 g/mol. The van der Waals surface area contributed by atoms with E-state index in [0.717, 1.165) is 32.7 Å². The molecule has 0 radical (unpaired) electrons. The van der Waals surface area contributed by atoms with Gasteiger partial charge in [-0.15, -0.1) is 0 Å². The number of carbonyl (C=O) groups excluding carboxylic acids is 1. The Bertz CT molecular complexity index is 829. The molecule has 0 atom stereocenters. The normalized spacial score (nSPS) is 18.2. The number of nitrogens with zero attached hydrogens (tertiary/aromatic N) is 6. The van der Waals surface area contributed by atoms with E-state index in [1.54, 1.807) is 18.5 Å². The number of carbonyl (C=O) groups is 1. The zero-order valence-electron chi connectivity index (χ0n) is 16.8. The molecule has 0 spiro atoms. The van der Waals surface area contributed by atoms with Crippen molar-refractivity contribution in [3.05, 3.63) is 48.0 Å². The number of para-hydroxylation sites is 1. The highest BCUT2D eigenvalue weighted by molar-refractivity contribution is 5.93. The van der Waals surface area contributed by atoms with Crippen LogP contribution in [0.25, 0.3) is 0 Å². The molecule has 4 rings (SSSR count). The lowest BCUT2D eigenvalue weighted by molar-refractivity contribution is 0.0642. The molecule has 0 N–H and O–H groups in total. The van der Waals surface area contributed by atoms with Gasteiger partial charge in [0, 0.05) is 64.8 Å². The van der Waals surface area contributed by atoms with Crippen LogP contribution in [0.2, 0.25) is 0 Å². The van der Waals surface area contributed by atoms with Crippen molar-refractivity contribution in [1.82, 2.24) is 19.8 Å². The van der Waals surface area contributed by atoms with Gasteiger partial charge in [-0.2, -0.15) is 0 Å². The second kappa shape index (κ2) is 8.73. The lowest BCUT2D eigenvalue weighted by Gasteiger charge is -2.36. The Labute approximate surface area is 170 Å². The van der Waals surface area contributed by atoms with Crippen LogP contribution in [0.3, 0.4) is 0 Å². The van der Waals surface area contributed by atoms with E-state index in [1.165, 1.54) is 6.07 Å². The van der Waals surface area contributed by atoms with Crippen molar-refractivity contribution >= 4 is 17.5 Å². The van der Waals surface area contributed by atoms with Gasteiger partial charge in [0.1, 0.15) is 5.82 Å². The van der Waals surface area contributed by atoms with E-state index in [1.807, 2.05) is 21.9 Å². The fourth-order valence-corrected chi connectivity index (χ4v) is 3.90. The van der Waals surface area contributed by atoms with Gasteiger partial charge in [0.15, 0.2) is 0 Å². The number of rotatable bonds is 4. The summed E-state index contributed by atoms with van der Waals surface area (Å²) in [5, 5.41) is 0. The van der Waals surface area contributed by atoms with Crippen molar-refractivity contribution in [1.29, 1.82) is 0 Å². The highest BCUT2D eigenvalue weighted by Gasteiger charge is 2.24. The third kappa shape index (κ3) is 4.32. The van der Waals surface area contributed by atoms with Crippen LogP contribution in [0.15, 0.2) is 36.7 Å². The van der Waals surface area contributed by atoms with Crippen LogP contribution < -0.4 is 9.80 Å². The molecule has 1 aromatic carbocycles. The quantitative estimate of drug-likeness (QED) is 0.782. The monoisotopic (exact) mass is 398 g/mol. The number of halogens is 1. The van der Waals surface area contributed by atoms with Gasteiger partial charge >= 0.3 is 0 Å². The molecular formula is C21H27FN6O. The number of benzene rings is 1. The van der Waals surface area contributed by atoms with Crippen molar-refractivity contribution < 1.29 is 9.18 Å². The molecule has 154 valence electrons. The molecule has 2 aliphatic heterocycles. The summed E-state index contributed by atoms with van der Waals surface area (Å²) in [7, 11) is 0. The van der Waals surface area contributed by atoms with E-state index >= 15 is 0 Å². The van der Waals surface area contributed by atoms with Gasteiger partial charge < -0.3 is 19.6 Å². The Morgan fingerprint density at radius 3 is 2.17 bits per heavy atom. The second-order valence-corrected chi connectivity index (χ2v) is 7.42. The molecule has 3 heterocycles. The summed E-state index contributed by atoms with van der Waals surface area (Å²) in [6.45, 7) is 9.28. The second-order valence-electron chi connectivity index (χ2n) is 7.42. The predicted molar refractivity (Wildman–Crippen MR) is 111 cm³/mol. The molecule has 1 amide bonds. The molecule has 0 aliphatic carbocycles. The van der Waals surface area contributed by atoms with Crippen molar-refractivity contribution in [3.8, 4) is 0 Å². The van der Waals surface area contributed by atoms with Crippen LogP contribution >= 0.6 is 0 Å². The van der Waals surface area contributed by atoms with E-state index in [0.29, 0.717) is 43.4 Å². The standard InChI is InChI=1S/C21H27FN6O/c1-2-25-7-9-27(10-8-25)20(29)17-15-23-21(24-16-17)28-13-11-26(12-14-28)19-6-4-3-5-18(19)22/h3-6,15-16H,2,7-14H2,1H3. The summed E-state index contributed by atoms with van der Waals surface area (Å²) in [5.41, 5.74) is 1.17. The molecule has 1 aromatic heterocycles. The highest BCUT2D eigenvalue weighted by atomic mass is 19.1. The Morgan fingerprint density at radius 1 is 0.931 bits per heavy atom. The minimum Gasteiger partial charge on any atom is -0.366 e. The first-order chi connectivity index (χ1) is 14.2. The van der Waals surface area contributed by atoms with Crippen LogP contribution in [0, 0.1) is 5.82 Å². The zero-order valence-corrected chi connectivity index (χ0v) is 16.8. The summed E-state index contributed by atoms with van der Waals surface area (Å²) in [6, 6.07) is 6.85. The summed E-state index contributed by atoms with van der Waals surface area (Å²) in [5.74, 6) is 0.419. The number of anilines is 2. The molecule has 2 aromatic rings. The van der Waals surface area contributed by atoms with Crippen molar-refractivity contribution in [2.24, 2.45) is 0 Å². The summed E-state index contributed by atoms with van der Waals surface area (Å²) in [6.07, 6.45) is 3.25. The largest absolute Gasteiger partial charge is 0.366 e. The summed E-state index contributed by atoms with van der Waals surface area (Å²) >= 11 is 0. The number of piperazine rings is 2. The Hall–Kier alpha value is -2.74. The van der Waals surface area contributed by atoms with Crippen LogP contribution in [0.5, 0.6) is 0 Å². The van der Waals surface area contributed by atoms with Crippen molar-refractivity contribution in [2.75, 3.05) is 68.7 Å². The molecule has 2 fully saturated rings. The smallest absolute Gasteiger partial charge is 0.257 e. The van der Waals surface area contributed by atoms with Gasteiger partial charge in [-0.1, -0.05) is 19.1 Å². The summed E-state index contributed by atoms with van der Waals surface area (Å²) in [4.78, 5) is 29.9. The topological polar surface area (TPSA) is 55.8 Å². The minimum absolute atomic E-state index is 0.00308. The lowest BCUT2D eigenvalue weighted by Crippen LogP contribution is -2.48. The zero-order chi connectivity index (χ0) is 20.2. The number of amides is 1. The van der Waals surface area contributed by atoms with Gasteiger partial charge in [0.25, 0.3) is 5.91 Å². The average molecular weight is 398 g/mol. The predicted octanol–water partition coefficient (Wildman–Crippen LogP) is 1.72. The number of hydrogen-bond donors (Lipinski definition) is 0. The average Bonchev–Trinajstić information content (AvgIpc) is 2.79. The fraction of sp³-hybridized carbons (Fsp3) is 0.476. The molecule has 29 heavy (non-hydrogen) atoms. The third-order valence-electron chi connectivity index (χ3n) is 5.75. The Kier molecular flexibility index (Phi) is 5.89. The number of aromatic nitrogens is 2.